The summed E-state index contributed by atoms with van der Waals surface area (Å²) in [4.78, 5) is 0. The topological polar surface area (TPSA) is 0 Å². The number of hydrogen-bond donors (Lipinski definition) is 0. The molecule has 0 saturated heterocycles. The largest absolute Gasteiger partial charge is 0.132 e. The van der Waals surface area contributed by atoms with E-state index in [9.17, 15) is 0 Å². The van der Waals surface area contributed by atoms with E-state index in [0.29, 0.717) is 0 Å². The Kier molecular flexibility index (Phi) is 9.40. The van der Waals surface area contributed by atoms with E-state index in [1.54, 1.807) is 0 Å². The first-order valence-corrected chi connectivity index (χ1v) is 9.62. The fraction of sp³-hybridized carbons (Fsp3) is 0.733. The molecule has 1 heteroatoms. The maximum Gasteiger partial charge on any atom is 0.129 e. The van der Waals surface area contributed by atoms with Crippen LogP contribution in [-0.2, 0) is 0 Å². The normalized spacial score (nSPS) is 10.0. The maximum atomic E-state index is 3.26. The second kappa shape index (κ2) is 8.48. The van der Waals surface area contributed by atoms with Crippen molar-refractivity contribution in [1.29, 1.82) is 0 Å². The Hall–Kier alpha value is -0.663. The molecule has 0 radical (unpaired) electrons. The summed E-state index contributed by atoms with van der Waals surface area (Å²) in [5.74, 6) is 9.26. The molecular weight excluding hydrogens is 208 g/mol. The molecule has 0 aliphatic rings. The Morgan fingerprint density at radius 3 is 1.44 bits per heavy atom. The average molecular weight is 236 g/mol. The average Bonchev–Trinajstić information content (AvgIpc) is 2.10. The van der Waals surface area contributed by atoms with Crippen molar-refractivity contribution in [3.8, 4) is 23.3 Å². The van der Waals surface area contributed by atoms with E-state index in [1.807, 2.05) is 0 Å². The zero-order valence-electron chi connectivity index (χ0n) is 12.4. The van der Waals surface area contributed by atoms with E-state index in [1.165, 1.54) is 0 Å². The quantitative estimate of drug-likeness (QED) is 0.421. The smallest absolute Gasteiger partial charge is 0.129 e. The molecule has 0 aromatic heterocycles. The molecule has 0 bridgehead atoms. The van der Waals surface area contributed by atoms with Crippen LogP contribution in [0.2, 0.25) is 19.6 Å². The second-order valence-corrected chi connectivity index (χ2v) is 10.6. The molecule has 0 aliphatic heterocycles. The highest BCUT2D eigenvalue weighted by Gasteiger charge is 2.06. The van der Waals surface area contributed by atoms with E-state index in [4.69, 9.17) is 0 Å². The van der Waals surface area contributed by atoms with E-state index in [2.05, 4.69) is 77.6 Å². The van der Waals surface area contributed by atoms with Crippen molar-refractivity contribution >= 4 is 8.07 Å². The summed E-state index contributed by atoms with van der Waals surface area (Å²) in [6, 6.07) is 0. The van der Waals surface area contributed by atoms with Crippen LogP contribution in [0.3, 0.4) is 0 Å². The Labute approximate surface area is 104 Å². The monoisotopic (exact) mass is 236 g/mol. The molecule has 0 nitrogen and oxygen atoms in total. The Balaban J connectivity index is 0. The van der Waals surface area contributed by atoms with Crippen LogP contribution in [0.1, 0.15) is 47.5 Å². The molecule has 0 atom stereocenters. The lowest BCUT2D eigenvalue weighted by Crippen LogP contribution is -2.16. The maximum absolute atomic E-state index is 3.26. The van der Waals surface area contributed by atoms with Crippen LogP contribution in [0.4, 0.5) is 0 Å². The molecule has 0 rings (SSSR count). The molecule has 0 unspecified atom stereocenters. The first-order chi connectivity index (χ1) is 7.12. The zero-order chi connectivity index (χ0) is 13.2. The van der Waals surface area contributed by atoms with Crippen LogP contribution < -0.4 is 0 Å². The van der Waals surface area contributed by atoms with Gasteiger partial charge >= 0.3 is 0 Å². The van der Waals surface area contributed by atoms with Gasteiger partial charge in [0.25, 0.3) is 0 Å². The molecule has 0 aliphatic carbocycles. The molecule has 0 saturated carbocycles. The van der Waals surface area contributed by atoms with Gasteiger partial charge < -0.3 is 0 Å². The third-order valence-electron chi connectivity index (χ3n) is 1.28. The third-order valence-corrected chi connectivity index (χ3v) is 2.21. The minimum Gasteiger partial charge on any atom is -0.132 e. The van der Waals surface area contributed by atoms with Crippen LogP contribution in [0.15, 0.2) is 0 Å². The zero-order valence-corrected chi connectivity index (χ0v) is 13.4. The highest BCUT2D eigenvalue weighted by atomic mass is 28.3. The van der Waals surface area contributed by atoms with Crippen molar-refractivity contribution in [3.63, 3.8) is 0 Å². The Morgan fingerprint density at radius 2 is 1.31 bits per heavy atom. The molecule has 92 valence electrons. The van der Waals surface area contributed by atoms with Gasteiger partial charge in [0.05, 0.1) is 0 Å². The second-order valence-electron chi connectivity index (χ2n) is 5.81. The molecule has 0 aromatic carbocycles. The van der Waals surface area contributed by atoms with Crippen LogP contribution in [0.5, 0.6) is 0 Å². The summed E-state index contributed by atoms with van der Waals surface area (Å²) >= 11 is 0. The minimum absolute atomic E-state index is 0.190. The van der Waals surface area contributed by atoms with Gasteiger partial charge in [-0.2, -0.15) is 0 Å². The van der Waals surface area contributed by atoms with Crippen molar-refractivity contribution < 1.29 is 0 Å². The van der Waals surface area contributed by atoms with Gasteiger partial charge in [-0.1, -0.05) is 39.4 Å². The van der Waals surface area contributed by atoms with Crippen molar-refractivity contribution in [2.75, 3.05) is 0 Å². The highest BCUT2D eigenvalue weighted by molar-refractivity contribution is 6.83. The van der Waals surface area contributed by atoms with E-state index >= 15 is 0 Å². The van der Waals surface area contributed by atoms with Gasteiger partial charge in [-0.25, -0.2) is 0 Å². The van der Waals surface area contributed by atoms with Crippen molar-refractivity contribution in [1.82, 2.24) is 0 Å². The van der Waals surface area contributed by atoms with Crippen LogP contribution in [0.25, 0.3) is 0 Å². The Morgan fingerprint density at radius 1 is 0.875 bits per heavy atom. The van der Waals surface area contributed by atoms with Crippen LogP contribution in [-0.4, -0.2) is 8.07 Å². The SMILES string of the molecule is CCC#CC(C)(C)C.CCC#C[Si](C)(C)C. The lowest BCUT2D eigenvalue weighted by molar-refractivity contribution is 0.570. The number of hydrogen-bond acceptors (Lipinski definition) is 0. The van der Waals surface area contributed by atoms with Crippen LogP contribution >= 0.6 is 0 Å². The van der Waals surface area contributed by atoms with Crippen molar-refractivity contribution in [2.45, 2.75) is 67.1 Å². The third kappa shape index (κ3) is 23.3. The summed E-state index contributed by atoms with van der Waals surface area (Å²) in [5.41, 5.74) is 3.45. The summed E-state index contributed by atoms with van der Waals surface area (Å²) < 4.78 is 0. The minimum atomic E-state index is -1.04. The summed E-state index contributed by atoms with van der Waals surface area (Å²) in [7, 11) is -1.04. The first-order valence-electron chi connectivity index (χ1n) is 6.12. The van der Waals surface area contributed by atoms with Crippen LogP contribution in [0, 0.1) is 28.7 Å². The van der Waals surface area contributed by atoms with Crippen molar-refractivity contribution in [2.24, 2.45) is 5.41 Å². The predicted octanol–water partition coefficient (Wildman–Crippen LogP) is 4.72. The summed E-state index contributed by atoms with van der Waals surface area (Å²) in [6.07, 6.45) is 1.97. The first kappa shape index (κ1) is 17.7. The predicted molar refractivity (Wildman–Crippen MR) is 78.9 cm³/mol. The van der Waals surface area contributed by atoms with Gasteiger partial charge in [0, 0.05) is 18.3 Å². The standard InChI is InChI=1S/C8H14.C7H14Si/c2*1-5-6-7-8(2,3)4/h2*5H2,1-4H3. The lowest BCUT2D eigenvalue weighted by atomic mass is 9.98. The molecule has 16 heavy (non-hydrogen) atoms. The van der Waals surface area contributed by atoms with E-state index in [-0.39, 0.29) is 5.41 Å². The number of rotatable bonds is 0. The summed E-state index contributed by atoms with van der Waals surface area (Å²) in [5, 5.41) is 0. The molecule has 0 fully saturated rings. The molecule has 0 heterocycles. The van der Waals surface area contributed by atoms with E-state index in [0.717, 1.165) is 12.8 Å². The molecule has 0 N–H and O–H groups in total. The highest BCUT2D eigenvalue weighted by Crippen LogP contribution is 2.09. The van der Waals surface area contributed by atoms with Gasteiger partial charge in [0.1, 0.15) is 8.07 Å². The molecule has 0 aromatic rings. The fourth-order valence-electron chi connectivity index (χ4n) is 0.707. The Bertz CT molecular complexity index is 246. The van der Waals surface area contributed by atoms with Gasteiger partial charge in [-0.05, 0) is 20.8 Å². The van der Waals surface area contributed by atoms with Gasteiger partial charge in [-0.3, -0.25) is 0 Å². The lowest BCUT2D eigenvalue weighted by Gasteiger charge is -2.06. The van der Waals surface area contributed by atoms with Gasteiger partial charge in [0.2, 0.25) is 0 Å². The van der Waals surface area contributed by atoms with Gasteiger partial charge in [0.15, 0.2) is 0 Å². The van der Waals surface area contributed by atoms with Gasteiger partial charge in [-0.15, -0.1) is 17.4 Å². The van der Waals surface area contributed by atoms with E-state index < -0.39 is 8.07 Å². The molecular formula is C15H28Si. The fourth-order valence-corrected chi connectivity index (χ4v) is 1.41. The molecule has 0 amide bonds. The molecule has 0 spiro atoms. The summed E-state index contributed by atoms with van der Waals surface area (Å²) in [6.45, 7) is 17.3. The van der Waals surface area contributed by atoms with Crippen molar-refractivity contribution in [3.05, 3.63) is 0 Å².